The quantitative estimate of drug-likeness (QED) is 0.723. The van der Waals surface area contributed by atoms with Crippen LogP contribution in [0.2, 0.25) is 0 Å². The Balaban J connectivity index is 1.66. The van der Waals surface area contributed by atoms with Gasteiger partial charge in [-0.1, -0.05) is 18.2 Å². The predicted octanol–water partition coefficient (Wildman–Crippen LogP) is 2.96. The normalized spacial score (nSPS) is 10.1. The van der Waals surface area contributed by atoms with Crippen LogP contribution in [-0.4, -0.2) is 24.1 Å². The molecule has 5 nitrogen and oxygen atoms in total. The number of rotatable bonds is 9. The Morgan fingerprint density at radius 1 is 1.09 bits per heavy atom. The summed E-state index contributed by atoms with van der Waals surface area (Å²) < 4.78 is 11.2. The van der Waals surface area contributed by atoms with Crippen molar-refractivity contribution in [2.24, 2.45) is 0 Å². The Bertz CT molecular complexity index is 602. The number of nitrogens with one attached hydrogen (secondary N) is 1. The van der Waals surface area contributed by atoms with Gasteiger partial charge in [0.25, 0.3) is 0 Å². The summed E-state index contributed by atoms with van der Waals surface area (Å²) in [7, 11) is 0. The average molecular weight is 314 g/mol. The topological polar surface area (TPSA) is 60.5 Å². The number of hydrogen-bond acceptors (Lipinski definition) is 4. The molecule has 2 rings (SSSR count). The summed E-state index contributed by atoms with van der Waals surface area (Å²) >= 11 is 0. The summed E-state index contributed by atoms with van der Waals surface area (Å²) in [6, 6.07) is 13.2. The largest absolute Gasteiger partial charge is 0.490 e. The minimum absolute atomic E-state index is 0.00246. The first kappa shape index (κ1) is 16.8. The zero-order valence-electron chi connectivity index (χ0n) is 13.3. The van der Waals surface area contributed by atoms with Gasteiger partial charge in [0.1, 0.15) is 0 Å². The third kappa shape index (κ3) is 5.98. The number of carbonyl (C=O) groups is 1. The van der Waals surface area contributed by atoms with Gasteiger partial charge in [-0.25, -0.2) is 0 Å². The molecule has 0 atom stereocenters. The van der Waals surface area contributed by atoms with Crippen LogP contribution in [0.1, 0.15) is 25.5 Å². The summed E-state index contributed by atoms with van der Waals surface area (Å²) in [5.74, 6) is 1.44. The van der Waals surface area contributed by atoms with Crippen LogP contribution in [0.15, 0.2) is 48.7 Å². The van der Waals surface area contributed by atoms with Crippen LogP contribution in [0.5, 0.6) is 11.5 Å². The van der Waals surface area contributed by atoms with E-state index in [0.717, 1.165) is 11.4 Å². The minimum Gasteiger partial charge on any atom is -0.490 e. The molecule has 1 amide bonds. The van der Waals surface area contributed by atoms with E-state index in [4.69, 9.17) is 9.47 Å². The van der Waals surface area contributed by atoms with Crippen molar-refractivity contribution in [3.63, 3.8) is 0 Å². The molecule has 122 valence electrons. The zero-order chi connectivity index (χ0) is 16.3. The predicted molar refractivity (Wildman–Crippen MR) is 88.4 cm³/mol. The van der Waals surface area contributed by atoms with Gasteiger partial charge in [0.2, 0.25) is 5.91 Å². The summed E-state index contributed by atoms with van der Waals surface area (Å²) in [4.78, 5) is 15.9. The molecule has 1 heterocycles. The fourth-order valence-electron chi connectivity index (χ4n) is 2.04. The second kappa shape index (κ2) is 9.46. The molecule has 5 heteroatoms. The number of nitrogens with zero attached hydrogens (tertiary/aromatic N) is 1. The van der Waals surface area contributed by atoms with Crippen LogP contribution in [0.3, 0.4) is 0 Å². The first-order chi connectivity index (χ1) is 11.3. The number of aromatic nitrogens is 1. The molecule has 0 saturated heterocycles. The number of amides is 1. The van der Waals surface area contributed by atoms with Gasteiger partial charge in [-0.05, 0) is 37.6 Å². The van der Waals surface area contributed by atoms with Gasteiger partial charge in [0, 0.05) is 12.6 Å². The molecule has 1 aromatic heterocycles. The van der Waals surface area contributed by atoms with Crippen molar-refractivity contribution < 1.29 is 14.3 Å². The summed E-state index contributed by atoms with van der Waals surface area (Å²) in [6.07, 6.45) is 2.78. The first-order valence-electron chi connectivity index (χ1n) is 7.81. The molecule has 1 aromatic carbocycles. The lowest BCUT2D eigenvalue weighted by Gasteiger charge is -2.11. The highest BCUT2D eigenvalue weighted by atomic mass is 16.5. The van der Waals surface area contributed by atoms with Crippen molar-refractivity contribution in [3.8, 4) is 11.5 Å². The van der Waals surface area contributed by atoms with Crippen molar-refractivity contribution in [2.45, 2.75) is 26.3 Å². The van der Waals surface area contributed by atoms with Crippen molar-refractivity contribution in [1.29, 1.82) is 0 Å². The molecule has 0 aliphatic heterocycles. The van der Waals surface area contributed by atoms with E-state index >= 15 is 0 Å². The third-order valence-electron chi connectivity index (χ3n) is 3.15. The molecule has 0 aliphatic carbocycles. The molecule has 0 saturated carbocycles. The number of hydrogen-bond donors (Lipinski definition) is 1. The van der Waals surface area contributed by atoms with Gasteiger partial charge in [-0.3, -0.25) is 9.78 Å². The molecule has 0 aliphatic rings. The van der Waals surface area contributed by atoms with E-state index in [1.54, 1.807) is 6.20 Å². The van der Waals surface area contributed by atoms with Gasteiger partial charge in [0.05, 0.1) is 25.5 Å². The lowest BCUT2D eigenvalue weighted by molar-refractivity contribution is -0.121. The van der Waals surface area contributed by atoms with E-state index in [-0.39, 0.29) is 5.91 Å². The van der Waals surface area contributed by atoms with Crippen LogP contribution in [-0.2, 0) is 11.3 Å². The Morgan fingerprint density at radius 3 is 2.52 bits per heavy atom. The van der Waals surface area contributed by atoms with Crippen molar-refractivity contribution >= 4 is 5.91 Å². The van der Waals surface area contributed by atoms with Gasteiger partial charge in [-0.15, -0.1) is 0 Å². The van der Waals surface area contributed by atoms with Gasteiger partial charge >= 0.3 is 0 Å². The van der Waals surface area contributed by atoms with E-state index in [1.807, 2.05) is 49.4 Å². The smallest absolute Gasteiger partial charge is 0.220 e. The van der Waals surface area contributed by atoms with Crippen LogP contribution in [0, 0.1) is 0 Å². The molecule has 0 radical (unpaired) electrons. The number of benzene rings is 1. The maximum absolute atomic E-state index is 11.8. The van der Waals surface area contributed by atoms with Gasteiger partial charge in [0.15, 0.2) is 11.5 Å². The van der Waals surface area contributed by atoms with Crippen molar-refractivity contribution in [3.05, 3.63) is 54.4 Å². The molecular formula is C18H22N2O3. The van der Waals surface area contributed by atoms with E-state index in [0.29, 0.717) is 38.3 Å². The minimum atomic E-state index is -0.00246. The van der Waals surface area contributed by atoms with Crippen molar-refractivity contribution in [2.75, 3.05) is 13.2 Å². The van der Waals surface area contributed by atoms with Gasteiger partial charge in [-0.2, -0.15) is 0 Å². The van der Waals surface area contributed by atoms with Crippen LogP contribution >= 0.6 is 0 Å². The molecule has 2 aromatic rings. The zero-order valence-corrected chi connectivity index (χ0v) is 13.3. The standard InChI is InChI=1S/C18H22N2O3/c1-2-22-16-9-3-4-10-17(16)23-13-7-11-18(21)20-14-15-8-5-6-12-19-15/h3-6,8-10,12H,2,7,11,13-14H2,1H3,(H,20,21). The van der Waals surface area contributed by atoms with Gasteiger partial charge < -0.3 is 14.8 Å². The number of ether oxygens (including phenoxy) is 2. The molecule has 0 unspecified atom stereocenters. The Labute approximate surface area is 136 Å². The fraction of sp³-hybridized carbons (Fsp3) is 0.333. The molecular weight excluding hydrogens is 292 g/mol. The molecule has 0 bridgehead atoms. The van der Waals surface area contributed by atoms with E-state index in [1.165, 1.54) is 0 Å². The molecule has 23 heavy (non-hydrogen) atoms. The average Bonchev–Trinajstić information content (AvgIpc) is 2.59. The maximum atomic E-state index is 11.8. The monoisotopic (exact) mass is 314 g/mol. The first-order valence-corrected chi connectivity index (χ1v) is 7.81. The Hall–Kier alpha value is -2.56. The third-order valence-corrected chi connectivity index (χ3v) is 3.15. The molecule has 1 N–H and O–H groups in total. The molecule has 0 fully saturated rings. The van der Waals surface area contributed by atoms with Crippen LogP contribution in [0.25, 0.3) is 0 Å². The Morgan fingerprint density at radius 2 is 1.83 bits per heavy atom. The SMILES string of the molecule is CCOc1ccccc1OCCCC(=O)NCc1ccccn1. The fourth-order valence-corrected chi connectivity index (χ4v) is 2.04. The number of pyridine rings is 1. The van der Waals surface area contributed by atoms with Crippen LogP contribution < -0.4 is 14.8 Å². The van der Waals surface area contributed by atoms with E-state index in [2.05, 4.69) is 10.3 Å². The second-order valence-electron chi connectivity index (χ2n) is 4.93. The van der Waals surface area contributed by atoms with E-state index in [9.17, 15) is 4.79 Å². The van der Waals surface area contributed by atoms with Crippen molar-refractivity contribution in [1.82, 2.24) is 10.3 Å². The number of carbonyl (C=O) groups excluding carboxylic acids is 1. The lowest BCUT2D eigenvalue weighted by atomic mass is 10.3. The Kier molecular flexibility index (Phi) is 6.91. The summed E-state index contributed by atoms with van der Waals surface area (Å²) in [5.41, 5.74) is 0.850. The van der Waals surface area contributed by atoms with Crippen LogP contribution in [0.4, 0.5) is 0 Å². The summed E-state index contributed by atoms with van der Waals surface area (Å²) in [5, 5.41) is 2.85. The highest BCUT2D eigenvalue weighted by molar-refractivity contribution is 5.75. The highest BCUT2D eigenvalue weighted by Crippen LogP contribution is 2.26. The van der Waals surface area contributed by atoms with E-state index < -0.39 is 0 Å². The molecule has 0 spiro atoms. The highest BCUT2D eigenvalue weighted by Gasteiger charge is 2.05. The lowest BCUT2D eigenvalue weighted by Crippen LogP contribution is -2.23. The second-order valence-corrected chi connectivity index (χ2v) is 4.93. The maximum Gasteiger partial charge on any atom is 0.220 e. The summed E-state index contributed by atoms with van der Waals surface area (Å²) in [6.45, 7) is 3.45. The number of para-hydroxylation sites is 2.